The molecule has 0 radical (unpaired) electrons. The maximum absolute atomic E-state index is 13.1. The zero-order valence-electron chi connectivity index (χ0n) is 15.8. The van der Waals surface area contributed by atoms with Gasteiger partial charge < -0.3 is 0 Å². The second kappa shape index (κ2) is 8.29. The first kappa shape index (κ1) is 19.5. The van der Waals surface area contributed by atoms with Crippen molar-refractivity contribution in [3.05, 3.63) is 78.0 Å². The number of hydrogen-bond donors (Lipinski definition) is 0. The summed E-state index contributed by atoms with van der Waals surface area (Å²) in [6.45, 7) is 2.49. The zero-order valence-corrected chi connectivity index (χ0v) is 15.8. The summed E-state index contributed by atoms with van der Waals surface area (Å²) in [6, 6.07) is 11.2. The van der Waals surface area contributed by atoms with E-state index in [2.05, 4.69) is 19.9 Å². The molecule has 1 saturated heterocycles. The van der Waals surface area contributed by atoms with Crippen LogP contribution in [0.25, 0.3) is 11.3 Å². The third-order valence-electron chi connectivity index (χ3n) is 5.19. The van der Waals surface area contributed by atoms with Gasteiger partial charge in [0.25, 0.3) is 0 Å². The maximum atomic E-state index is 13.1. The molecule has 0 saturated carbocycles. The molecule has 0 bridgehead atoms. The second-order valence-corrected chi connectivity index (χ2v) is 7.26. The number of nitrogens with zero attached hydrogens (tertiary/aromatic N) is 4. The van der Waals surface area contributed by atoms with Crippen LogP contribution < -0.4 is 0 Å². The first-order valence-corrected chi connectivity index (χ1v) is 9.61. The van der Waals surface area contributed by atoms with Crippen LogP contribution in [0.3, 0.4) is 0 Å². The molecule has 7 heteroatoms. The van der Waals surface area contributed by atoms with Gasteiger partial charge in [-0.05, 0) is 43.7 Å². The standard InChI is InChI=1S/C22H21F3N4/c23-22(24,25)18-7-3-5-16(13-18)20-21(28-11-10-27-20)17-6-4-12-29(14-17)15-19-8-1-2-9-26-19/h1-3,5,7-11,13,17H,4,6,12,14-15H2/t17-/m0/s1. The topological polar surface area (TPSA) is 41.9 Å². The minimum absolute atomic E-state index is 0.116. The summed E-state index contributed by atoms with van der Waals surface area (Å²) in [5.74, 6) is 0.116. The van der Waals surface area contributed by atoms with E-state index in [0.717, 1.165) is 56.0 Å². The molecular formula is C22H21F3N4. The van der Waals surface area contributed by atoms with Gasteiger partial charge in [0.1, 0.15) is 0 Å². The lowest BCUT2D eigenvalue weighted by molar-refractivity contribution is -0.137. The van der Waals surface area contributed by atoms with Gasteiger partial charge in [-0.3, -0.25) is 19.9 Å². The third kappa shape index (κ3) is 4.62. The molecule has 4 nitrogen and oxygen atoms in total. The minimum Gasteiger partial charge on any atom is -0.297 e. The van der Waals surface area contributed by atoms with E-state index in [1.807, 2.05) is 18.2 Å². The Morgan fingerprint density at radius 3 is 2.62 bits per heavy atom. The van der Waals surface area contributed by atoms with Gasteiger partial charge >= 0.3 is 6.18 Å². The Hall–Kier alpha value is -2.80. The molecule has 0 unspecified atom stereocenters. The van der Waals surface area contributed by atoms with Crippen molar-refractivity contribution in [3.8, 4) is 11.3 Å². The first-order valence-electron chi connectivity index (χ1n) is 9.61. The first-order chi connectivity index (χ1) is 14.0. The van der Waals surface area contributed by atoms with E-state index in [1.165, 1.54) is 12.3 Å². The highest BCUT2D eigenvalue weighted by atomic mass is 19.4. The van der Waals surface area contributed by atoms with E-state index in [-0.39, 0.29) is 5.92 Å². The van der Waals surface area contributed by atoms with Crippen molar-refractivity contribution >= 4 is 0 Å². The van der Waals surface area contributed by atoms with Crippen molar-refractivity contribution in [1.29, 1.82) is 0 Å². The number of halogens is 3. The average molecular weight is 398 g/mol. The normalized spacial score (nSPS) is 18.0. The fraction of sp³-hybridized carbons (Fsp3) is 0.318. The van der Waals surface area contributed by atoms with Crippen LogP contribution >= 0.6 is 0 Å². The minimum atomic E-state index is -4.39. The lowest BCUT2D eigenvalue weighted by Gasteiger charge is -2.32. The van der Waals surface area contributed by atoms with Crippen LogP contribution in [-0.2, 0) is 12.7 Å². The van der Waals surface area contributed by atoms with Crippen LogP contribution in [0, 0.1) is 0 Å². The summed E-state index contributed by atoms with van der Waals surface area (Å²) in [5.41, 5.74) is 2.07. The van der Waals surface area contributed by atoms with E-state index >= 15 is 0 Å². The molecule has 2 aromatic heterocycles. The molecule has 150 valence electrons. The quantitative estimate of drug-likeness (QED) is 0.625. The molecule has 3 aromatic rings. The van der Waals surface area contributed by atoms with Crippen molar-refractivity contribution in [1.82, 2.24) is 19.9 Å². The summed E-state index contributed by atoms with van der Waals surface area (Å²) < 4.78 is 39.4. The Morgan fingerprint density at radius 1 is 0.966 bits per heavy atom. The van der Waals surface area contributed by atoms with Gasteiger partial charge in [-0.15, -0.1) is 0 Å². The highest BCUT2D eigenvalue weighted by Gasteiger charge is 2.31. The molecule has 1 aliphatic rings. The highest BCUT2D eigenvalue weighted by molar-refractivity contribution is 5.63. The molecule has 1 aromatic carbocycles. The Bertz CT molecular complexity index is 960. The number of hydrogen-bond acceptors (Lipinski definition) is 4. The Labute approximate surface area is 167 Å². The van der Waals surface area contributed by atoms with Crippen LogP contribution in [0.5, 0.6) is 0 Å². The zero-order chi connectivity index (χ0) is 20.3. The largest absolute Gasteiger partial charge is 0.416 e. The molecule has 0 amide bonds. The van der Waals surface area contributed by atoms with E-state index in [0.29, 0.717) is 11.3 Å². The molecule has 4 rings (SSSR count). The summed E-state index contributed by atoms with van der Waals surface area (Å²) in [5, 5.41) is 0. The third-order valence-corrected chi connectivity index (χ3v) is 5.19. The van der Waals surface area contributed by atoms with Gasteiger partial charge in [0.2, 0.25) is 0 Å². The number of aromatic nitrogens is 3. The second-order valence-electron chi connectivity index (χ2n) is 7.26. The molecular weight excluding hydrogens is 377 g/mol. The molecule has 29 heavy (non-hydrogen) atoms. The molecule has 1 atom stereocenters. The summed E-state index contributed by atoms with van der Waals surface area (Å²) in [6.07, 6.45) is 2.48. The van der Waals surface area contributed by atoms with Crippen molar-refractivity contribution in [3.63, 3.8) is 0 Å². The lowest BCUT2D eigenvalue weighted by atomic mass is 9.91. The predicted molar refractivity (Wildman–Crippen MR) is 104 cm³/mol. The Balaban J connectivity index is 1.60. The number of likely N-dealkylation sites (tertiary alicyclic amines) is 1. The number of rotatable bonds is 4. The number of benzene rings is 1. The van der Waals surface area contributed by atoms with Gasteiger partial charge in [-0.25, -0.2) is 0 Å². The molecule has 3 heterocycles. The van der Waals surface area contributed by atoms with Crippen LogP contribution in [-0.4, -0.2) is 32.9 Å². The van der Waals surface area contributed by atoms with Crippen LogP contribution in [0.2, 0.25) is 0 Å². The van der Waals surface area contributed by atoms with E-state index in [4.69, 9.17) is 0 Å². The fourth-order valence-corrected chi connectivity index (χ4v) is 3.86. The number of piperidine rings is 1. The molecule has 0 spiro atoms. The average Bonchev–Trinajstić information content (AvgIpc) is 2.74. The monoisotopic (exact) mass is 398 g/mol. The Kier molecular flexibility index (Phi) is 5.58. The molecule has 1 aliphatic heterocycles. The fourth-order valence-electron chi connectivity index (χ4n) is 3.86. The van der Waals surface area contributed by atoms with Gasteiger partial charge in [0.15, 0.2) is 0 Å². The number of pyridine rings is 1. The highest BCUT2D eigenvalue weighted by Crippen LogP contribution is 2.35. The molecule has 0 aliphatic carbocycles. The van der Waals surface area contributed by atoms with Crippen molar-refractivity contribution in [2.24, 2.45) is 0 Å². The van der Waals surface area contributed by atoms with E-state index < -0.39 is 11.7 Å². The van der Waals surface area contributed by atoms with Crippen LogP contribution in [0.4, 0.5) is 13.2 Å². The molecule has 1 fully saturated rings. The van der Waals surface area contributed by atoms with Gasteiger partial charge in [-0.2, -0.15) is 13.2 Å². The van der Waals surface area contributed by atoms with Crippen LogP contribution in [0.15, 0.2) is 61.1 Å². The smallest absolute Gasteiger partial charge is 0.297 e. The number of alkyl halides is 3. The van der Waals surface area contributed by atoms with E-state index in [9.17, 15) is 13.2 Å². The maximum Gasteiger partial charge on any atom is 0.416 e. The SMILES string of the molecule is FC(F)(F)c1cccc(-c2nccnc2[C@H]2CCCN(Cc3ccccn3)C2)c1. The lowest BCUT2D eigenvalue weighted by Crippen LogP contribution is -2.34. The van der Waals surface area contributed by atoms with Gasteiger partial charge in [0, 0.05) is 43.2 Å². The van der Waals surface area contributed by atoms with Gasteiger partial charge in [-0.1, -0.05) is 18.2 Å². The van der Waals surface area contributed by atoms with E-state index in [1.54, 1.807) is 18.5 Å². The van der Waals surface area contributed by atoms with Crippen molar-refractivity contribution < 1.29 is 13.2 Å². The summed E-state index contributed by atoms with van der Waals surface area (Å²) in [4.78, 5) is 15.6. The predicted octanol–water partition coefficient (Wildman–Crippen LogP) is 4.94. The Morgan fingerprint density at radius 2 is 1.83 bits per heavy atom. The van der Waals surface area contributed by atoms with Crippen molar-refractivity contribution in [2.45, 2.75) is 31.5 Å². The van der Waals surface area contributed by atoms with Crippen LogP contribution in [0.1, 0.15) is 35.7 Å². The van der Waals surface area contributed by atoms with Crippen molar-refractivity contribution in [2.75, 3.05) is 13.1 Å². The summed E-state index contributed by atoms with van der Waals surface area (Å²) >= 11 is 0. The summed E-state index contributed by atoms with van der Waals surface area (Å²) in [7, 11) is 0. The molecule has 0 N–H and O–H groups in total. The van der Waals surface area contributed by atoms with Gasteiger partial charge in [0.05, 0.1) is 22.6 Å².